The lowest BCUT2D eigenvalue weighted by molar-refractivity contribution is 0.253. The van der Waals surface area contributed by atoms with Crippen LogP contribution in [0.4, 0.5) is 0 Å². The Hall–Kier alpha value is -0.0800. The van der Waals surface area contributed by atoms with E-state index in [2.05, 4.69) is 17.1 Å². The van der Waals surface area contributed by atoms with Crippen LogP contribution in [-0.4, -0.2) is 37.6 Å². The molecule has 0 aromatic carbocycles. The SMILES string of the molecule is CC.CCN1CCNCC1.[HH]. The van der Waals surface area contributed by atoms with Crippen LogP contribution in [0, 0.1) is 0 Å². The van der Waals surface area contributed by atoms with Gasteiger partial charge in [0.05, 0.1) is 0 Å². The summed E-state index contributed by atoms with van der Waals surface area (Å²) in [5.41, 5.74) is 0. The molecular weight excluding hydrogens is 124 g/mol. The largest absolute Gasteiger partial charge is 0.314 e. The summed E-state index contributed by atoms with van der Waals surface area (Å²) >= 11 is 0. The van der Waals surface area contributed by atoms with Gasteiger partial charge in [-0.3, -0.25) is 0 Å². The fourth-order valence-corrected chi connectivity index (χ4v) is 1.03. The molecule has 64 valence electrons. The van der Waals surface area contributed by atoms with Crippen LogP contribution < -0.4 is 5.32 Å². The van der Waals surface area contributed by atoms with Gasteiger partial charge in [0.1, 0.15) is 0 Å². The summed E-state index contributed by atoms with van der Waals surface area (Å²) in [6.45, 7) is 12.2. The minimum atomic E-state index is 0. The number of rotatable bonds is 1. The highest BCUT2D eigenvalue weighted by Gasteiger charge is 2.04. The van der Waals surface area contributed by atoms with Crippen molar-refractivity contribution in [3.8, 4) is 0 Å². The first-order valence-electron chi connectivity index (χ1n) is 4.36. The summed E-state index contributed by atoms with van der Waals surface area (Å²) < 4.78 is 0. The Morgan fingerprint density at radius 1 is 1.30 bits per heavy atom. The first-order chi connectivity index (χ1) is 4.93. The van der Waals surface area contributed by atoms with Crippen molar-refractivity contribution in [1.29, 1.82) is 0 Å². The van der Waals surface area contributed by atoms with E-state index in [0.29, 0.717) is 0 Å². The molecule has 1 heterocycles. The van der Waals surface area contributed by atoms with Crippen LogP contribution in [0.5, 0.6) is 0 Å². The summed E-state index contributed by atoms with van der Waals surface area (Å²) in [6, 6.07) is 0. The third kappa shape index (κ3) is 3.85. The Morgan fingerprint density at radius 3 is 2.10 bits per heavy atom. The topological polar surface area (TPSA) is 15.3 Å². The van der Waals surface area contributed by atoms with Gasteiger partial charge >= 0.3 is 0 Å². The minimum absolute atomic E-state index is 0. The summed E-state index contributed by atoms with van der Waals surface area (Å²) in [5.74, 6) is 0. The number of hydrogen-bond acceptors (Lipinski definition) is 2. The van der Waals surface area contributed by atoms with Crippen molar-refractivity contribution in [3.05, 3.63) is 0 Å². The Balaban J connectivity index is 0. The van der Waals surface area contributed by atoms with E-state index in [1.165, 1.54) is 32.7 Å². The van der Waals surface area contributed by atoms with Crippen LogP contribution in [0.15, 0.2) is 0 Å². The maximum atomic E-state index is 3.31. The van der Waals surface area contributed by atoms with Crippen molar-refractivity contribution < 1.29 is 1.43 Å². The predicted molar refractivity (Wildman–Crippen MR) is 48.4 cm³/mol. The van der Waals surface area contributed by atoms with Gasteiger partial charge in [-0.05, 0) is 6.54 Å². The highest BCUT2D eigenvalue weighted by molar-refractivity contribution is 4.64. The van der Waals surface area contributed by atoms with E-state index in [9.17, 15) is 0 Å². The molecule has 0 aliphatic carbocycles. The molecule has 0 atom stereocenters. The second-order valence-corrected chi connectivity index (χ2v) is 2.18. The van der Waals surface area contributed by atoms with Crippen molar-refractivity contribution in [1.82, 2.24) is 10.2 Å². The van der Waals surface area contributed by atoms with Crippen molar-refractivity contribution >= 4 is 0 Å². The second kappa shape index (κ2) is 7.03. The monoisotopic (exact) mass is 146 g/mol. The van der Waals surface area contributed by atoms with E-state index >= 15 is 0 Å². The zero-order valence-electron chi connectivity index (χ0n) is 7.48. The number of likely N-dealkylation sites (N-methyl/N-ethyl adjacent to an activating group) is 1. The molecular formula is C8H22N2. The summed E-state index contributed by atoms with van der Waals surface area (Å²) in [6.07, 6.45) is 0. The standard InChI is InChI=1S/C6H14N2.C2H6.H2/c1-2-8-5-3-7-4-6-8;1-2;/h7H,2-6H2,1H3;1-2H3;1H. The van der Waals surface area contributed by atoms with Crippen LogP contribution in [-0.2, 0) is 0 Å². The molecule has 0 saturated carbocycles. The van der Waals surface area contributed by atoms with Crippen LogP contribution in [0.3, 0.4) is 0 Å². The van der Waals surface area contributed by atoms with Gasteiger partial charge in [-0.1, -0.05) is 20.8 Å². The van der Waals surface area contributed by atoms with E-state index < -0.39 is 0 Å². The smallest absolute Gasteiger partial charge is 0.0107 e. The number of nitrogens with one attached hydrogen (secondary N) is 1. The van der Waals surface area contributed by atoms with E-state index in [-0.39, 0.29) is 1.43 Å². The molecule has 2 nitrogen and oxygen atoms in total. The fraction of sp³-hybridized carbons (Fsp3) is 1.00. The molecule has 1 saturated heterocycles. The quantitative estimate of drug-likeness (QED) is 0.597. The zero-order chi connectivity index (χ0) is 7.82. The molecule has 1 fully saturated rings. The van der Waals surface area contributed by atoms with Crippen molar-refractivity contribution in [3.63, 3.8) is 0 Å². The molecule has 1 rings (SSSR count). The second-order valence-electron chi connectivity index (χ2n) is 2.18. The summed E-state index contributed by atoms with van der Waals surface area (Å²) in [5, 5.41) is 3.31. The molecule has 10 heavy (non-hydrogen) atoms. The Labute approximate surface area is 66.1 Å². The van der Waals surface area contributed by atoms with Crippen LogP contribution in [0.1, 0.15) is 22.2 Å². The molecule has 0 radical (unpaired) electrons. The van der Waals surface area contributed by atoms with Gasteiger partial charge in [0, 0.05) is 27.6 Å². The summed E-state index contributed by atoms with van der Waals surface area (Å²) in [4.78, 5) is 2.45. The van der Waals surface area contributed by atoms with Crippen LogP contribution in [0.25, 0.3) is 0 Å². The number of hydrogen-bond donors (Lipinski definition) is 1. The zero-order valence-corrected chi connectivity index (χ0v) is 7.48. The lowest BCUT2D eigenvalue weighted by Crippen LogP contribution is -2.43. The lowest BCUT2D eigenvalue weighted by Gasteiger charge is -2.25. The van der Waals surface area contributed by atoms with Gasteiger partial charge in [-0.2, -0.15) is 0 Å². The van der Waals surface area contributed by atoms with Crippen LogP contribution in [0.2, 0.25) is 0 Å². The fourth-order valence-electron chi connectivity index (χ4n) is 1.03. The van der Waals surface area contributed by atoms with Crippen molar-refractivity contribution in [2.75, 3.05) is 32.7 Å². The predicted octanol–water partition coefficient (Wildman–Crippen LogP) is 1.18. The van der Waals surface area contributed by atoms with Gasteiger partial charge < -0.3 is 10.2 Å². The first kappa shape index (κ1) is 9.92. The van der Waals surface area contributed by atoms with Crippen LogP contribution >= 0.6 is 0 Å². The molecule has 2 heteroatoms. The number of nitrogens with zero attached hydrogens (tertiary/aromatic N) is 1. The Kier molecular flexibility index (Phi) is 6.98. The molecule has 0 aromatic heterocycles. The Bertz CT molecular complexity index is 63.1. The molecule has 1 N–H and O–H groups in total. The minimum Gasteiger partial charge on any atom is -0.314 e. The van der Waals surface area contributed by atoms with E-state index in [1.807, 2.05) is 13.8 Å². The summed E-state index contributed by atoms with van der Waals surface area (Å²) in [7, 11) is 0. The molecule has 0 unspecified atom stereocenters. The molecule has 0 bridgehead atoms. The molecule has 1 aliphatic heterocycles. The first-order valence-corrected chi connectivity index (χ1v) is 4.36. The van der Waals surface area contributed by atoms with Gasteiger partial charge in [-0.25, -0.2) is 0 Å². The molecule has 0 spiro atoms. The Morgan fingerprint density at radius 2 is 1.80 bits per heavy atom. The van der Waals surface area contributed by atoms with E-state index in [0.717, 1.165) is 0 Å². The highest BCUT2D eigenvalue weighted by Crippen LogP contribution is 1.88. The normalized spacial score (nSPS) is 19.5. The van der Waals surface area contributed by atoms with E-state index in [4.69, 9.17) is 0 Å². The third-order valence-electron chi connectivity index (χ3n) is 1.66. The van der Waals surface area contributed by atoms with Crippen molar-refractivity contribution in [2.24, 2.45) is 0 Å². The average molecular weight is 146 g/mol. The van der Waals surface area contributed by atoms with Gasteiger partial charge in [0.2, 0.25) is 0 Å². The molecule has 0 amide bonds. The third-order valence-corrected chi connectivity index (χ3v) is 1.66. The highest BCUT2D eigenvalue weighted by atomic mass is 15.2. The maximum Gasteiger partial charge on any atom is 0.0107 e. The van der Waals surface area contributed by atoms with E-state index in [1.54, 1.807) is 0 Å². The van der Waals surface area contributed by atoms with Gasteiger partial charge in [0.25, 0.3) is 0 Å². The van der Waals surface area contributed by atoms with Crippen molar-refractivity contribution in [2.45, 2.75) is 20.8 Å². The molecule has 0 aromatic rings. The van der Waals surface area contributed by atoms with Gasteiger partial charge in [0.15, 0.2) is 0 Å². The number of piperazine rings is 1. The molecule has 1 aliphatic rings. The lowest BCUT2D eigenvalue weighted by atomic mass is 10.4. The average Bonchev–Trinajstić information content (AvgIpc) is 2.10. The van der Waals surface area contributed by atoms with Gasteiger partial charge in [-0.15, -0.1) is 0 Å². The maximum absolute atomic E-state index is 3.31.